The lowest BCUT2D eigenvalue weighted by Crippen LogP contribution is -2.35. The van der Waals surface area contributed by atoms with Crippen LogP contribution in [0.2, 0.25) is 0 Å². The van der Waals surface area contributed by atoms with Crippen LogP contribution in [0.4, 0.5) is 0 Å². The number of rotatable bonds is 7. The number of aryl methyl sites for hydroxylation is 2. The van der Waals surface area contributed by atoms with Crippen molar-refractivity contribution in [3.8, 4) is 0 Å². The van der Waals surface area contributed by atoms with Gasteiger partial charge in [-0.05, 0) is 46.0 Å². The third kappa shape index (κ3) is 6.53. The van der Waals surface area contributed by atoms with Gasteiger partial charge in [0.1, 0.15) is 0 Å². The number of hydrogen-bond donors (Lipinski definition) is 1. The summed E-state index contributed by atoms with van der Waals surface area (Å²) in [4.78, 5) is 6.29. The van der Waals surface area contributed by atoms with Crippen LogP contribution in [0.3, 0.4) is 0 Å². The summed E-state index contributed by atoms with van der Waals surface area (Å²) >= 11 is 1.91. The molecule has 0 bridgehead atoms. The first kappa shape index (κ1) is 16.6. The molecule has 19 heavy (non-hydrogen) atoms. The Hall–Kier alpha value is -0.410. The quantitative estimate of drug-likeness (QED) is 0.792. The van der Waals surface area contributed by atoms with Crippen LogP contribution in [0.1, 0.15) is 70.0 Å². The van der Waals surface area contributed by atoms with E-state index in [9.17, 15) is 0 Å². The van der Waals surface area contributed by atoms with Crippen LogP contribution in [0.15, 0.2) is 0 Å². The van der Waals surface area contributed by atoms with Gasteiger partial charge in [0.15, 0.2) is 0 Å². The molecule has 0 aliphatic carbocycles. The Morgan fingerprint density at radius 2 is 1.89 bits per heavy atom. The summed E-state index contributed by atoms with van der Waals surface area (Å²) in [5, 5.41) is 4.91. The van der Waals surface area contributed by atoms with Crippen molar-refractivity contribution in [1.29, 1.82) is 0 Å². The highest BCUT2D eigenvalue weighted by atomic mass is 32.1. The minimum atomic E-state index is 0.172. The topological polar surface area (TPSA) is 24.9 Å². The van der Waals surface area contributed by atoms with Crippen molar-refractivity contribution >= 4 is 11.3 Å². The molecular weight excluding hydrogens is 252 g/mol. The second kappa shape index (κ2) is 7.39. The van der Waals surface area contributed by atoms with Crippen LogP contribution in [0.5, 0.6) is 0 Å². The van der Waals surface area contributed by atoms with E-state index in [4.69, 9.17) is 4.98 Å². The molecule has 0 aromatic carbocycles. The van der Waals surface area contributed by atoms with E-state index in [0.717, 1.165) is 25.3 Å². The molecule has 0 spiro atoms. The van der Waals surface area contributed by atoms with Gasteiger partial charge in [0.25, 0.3) is 0 Å². The zero-order valence-corrected chi connectivity index (χ0v) is 14.3. The van der Waals surface area contributed by atoms with Crippen LogP contribution in [-0.4, -0.2) is 10.5 Å². The molecule has 3 heteroatoms. The van der Waals surface area contributed by atoms with E-state index in [1.165, 1.54) is 28.4 Å². The molecule has 0 amide bonds. The van der Waals surface area contributed by atoms with Gasteiger partial charge in [0, 0.05) is 17.0 Å². The Labute approximate surface area is 123 Å². The van der Waals surface area contributed by atoms with Crippen molar-refractivity contribution in [2.45, 2.75) is 79.3 Å². The third-order valence-electron chi connectivity index (χ3n) is 3.02. The predicted octanol–water partition coefficient (Wildman–Crippen LogP) is 4.57. The SMILES string of the molecule is CCCc1nc(CCC(C)C)sc1CNC(C)(C)C. The Bertz CT molecular complexity index is 375. The van der Waals surface area contributed by atoms with Crippen molar-refractivity contribution in [3.05, 3.63) is 15.6 Å². The third-order valence-corrected chi connectivity index (χ3v) is 4.18. The van der Waals surface area contributed by atoms with E-state index < -0.39 is 0 Å². The van der Waals surface area contributed by atoms with Gasteiger partial charge in [-0.15, -0.1) is 11.3 Å². The van der Waals surface area contributed by atoms with Gasteiger partial charge >= 0.3 is 0 Å². The minimum Gasteiger partial charge on any atom is -0.307 e. The maximum Gasteiger partial charge on any atom is 0.0931 e. The van der Waals surface area contributed by atoms with E-state index in [1.54, 1.807) is 0 Å². The standard InChI is InChI=1S/C16H30N2S/c1-7-8-13-14(11-17-16(4,5)6)19-15(18-13)10-9-12(2)3/h12,17H,7-11H2,1-6H3. The van der Waals surface area contributed by atoms with Gasteiger partial charge in [-0.1, -0.05) is 27.2 Å². The summed E-state index contributed by atoms with van der Waals surface area (Å²) in [6.45, 7) is 14.4. The molecule has 0 unspecified atom stereocenters. The van der Waals surface area contributed by atoms with Crippen LogP contribution >= 0.6 is 11.3 Å². The molecule has 0 fully saturated rings. The maximum absolute atomic E-state index is 4.85. The van der Waals surface area contributed by atoms with E-state index in [2.05, 4.69) is 46.9 Å². The van der Waals surface area contributed by atoms with E-state index >= 15 is 0 Å². The fraction of sp³-hybridized carbons (Fsp3) is 0.812. The minimum absolute atomic E-state index is 0.172. The lowest BCUT2D eigenvalue weighted by Gasteiger charge is -2.20. The van der Waals surface area contributed by atoms with Crippen LogP contribution < -0.4 is 5.32 Å². The van der Waals surface area contributed by atoms with E-state index in [1.807, 2.05) is 11.3 Å². The first-order valence-corrected chi connectivity index (χ1v) is 8.36. The number of nitrogens with one attached hydrogen (secondary N) is 1. The summed E-state index contributed by atoms with van der Waals surface area (Å²) in [6.07, 6.45) is 4.66. The first-order valence-electron chi connectivity index (χ1n) is 7.54. The van der Waals surface area contributed by atoms with Crippen molar-refractivity contribution in [1.82, 2.24) is 10.3 Å². The van der Waals surface area contributed by atoms with Crippen molar-refractivity contribution in [2.24, 2.45) is 5.92 Å². The maximum atomic E-state index is 4.85. The largest absolute Gasteiger partial charge is 0.307 e. The lowest BCUT2D eigenvalue weighted by molar-refractivity contribution is 0.425. The van der Waals surface area contributed by atoms with Gasteiger partial charge in [-0.25, -0.2) is 4.98 Å². The number of nitrogens with zero attached hydrogens (tertiary/aromatic N) is 1. The number of thiazole rings is 1. The van der Waals surface area contributed by atoms with E-state index in [-0.39, 0.29) is 5.54 Å². The Morgan fingerprint density at radius 1 is 1.21 bits per heavy atom. The van der Waals surface area contributed by atoms with Gasteiger partial charge in [0.05, 0.1) is 10.7 Å². The second-order valence-corrected chi connectivity index (χ2v) is 7.93. The molecule has 1 aromatic heterocycles. The Kier molecular flexibility index (Phi) is 6.48. The fourth-order valence-electron chi connectivity index (χ4n) is 1.87. The molecule has 0 saturated carbocycles. The van der Waals surface area contributed by atoms with Crippen LogP contribution in [0, 0.1) is 5.92 Å². The molecule has 1 heterocycles. The van der Waals surface area contributed by atoms with Gasteiger partial charge in [-0.2, -0.15) is 0 Å². The highest BCUT2D eigenvalue weighted by Gasteiger charge is 2.14. The molecule has 0 radical (unpaired) electrons. The number of aromatic nitrogens is 1. The fourth-order valence-corrected chi connectivity index (χ4v) is 2.94. The second-order valence-electron chi connectivity index (χ2n) is 6.76. The van der Waals surface area contributed by atoms with Crippen molar-refractivity contribution < 1.29 is 0 Å². The van der Waals surface area contributed by atoms with Crippen molar-refractivity contribution in [3.63, 3.8) is 0 Å². The number of hydrogen-bond acceptors (Lipinski definition) is 3. The summed E-state index contributed by atoms with van der Waals surface area (Å²) in [5.74, 6) is 0.759. The summed E-state index contributed by atoms with van der Waals surface area (Å²) < 4.78 is 0. The van der Waals surface area contributed by atoms with Gasteiger partial charge < -0.3 is 5.32 Å². The molecule has 0 aliphatic rings. The molecule has 0 aliphatic heterocycles. The normalized spacial score (nSPS) is 12.4. The molecule has 0 atom stereocenters. The summed E-state index contributed by atoms with van der Waals surface area (Å²) in [5.41, 5.74) is 1.49. The summed E-state index contributed by atoms with van der Waals surface area (Å²) in [7, 11) is 0. The monoisotopic (exact) mass is 282 g/mol. The first-order chi connectivity index (χ1) is 8.81. The summed E-state index contributed by atoms with van der Waals surface area (Å²) in [6, 6.07) is 0. The predicted molar refractivity (Wildman–Crippen MR) is 85.9 cm³/mol. The molecule has 1 rings (SSSR count). The van der Waals surface area contributed by atoms with Crippen molar-refractivity contribution in [2.75, 3.05) is 0 Å². The highest BCUT2D eigenvalue weighted by molar-refractivity contribution is 7.11. The Morgan fingerprint density at radius 3 is 2.42 bits per heavy atom. The average Bonchev–Trinajstić information content (AvgIpc) is 2.66. The van der Waals surface area contributed by atoms with E-state index in [0.29, 0.717) is 0 Å². The lowest BCUT2D eigenvalue weighted by atomic mass is 10.1. The molecule has 1 aromatic rings. The molecule has 2 nitrogen and oxygen atoms in total. The van der Waals surface area contributed by atoms with Gasteiger partial charge in [0.2, 0.25) is 0 Å². The van der Waals surface area contributed by atoms with Crippen LogP contribution in [0.25, 0.3) is 0 Å². The zero-order chi connectivity index (χ0) is 14.5. The van der Waals surface area contributed by atoms with Gasteiger partial charge in [-0.3, -0.25) is 0 Å². The smallest absolute Gasteiger partial charge is 0.0931 e. The molecule has 1 N–H and O–H groups in total. The molecule has 0 saturated heterocycles. The average molecular weight is 282 g/mol. The zero-order valence-electron chi connectivity index (χ0n) is 13.5. The molecular formula is C16H30N2S. The highest BCUT2D eigenvalue weighted by Crippen LogP contribution is 2.23. The van der Waals surface area contributed by atoms with Crippen LogP contribution in [-0.2, 0) is 19.4 Å². The molecule has 110 valence electrons. The Balaban J connectivity index is 2.71.